The van der Waals surface area contributed by atoms with E-state index < -0.39 is 60.5 Å². The van der Waals surface area contributed by atoms with Crippen molar-refractivity contribution in [1.82, 2.24) is 0 Å². The Morgan fingerprint density at radius 2 is 1.79 bits per heavy atom. The van der Waals surface area contributed by atoms with Crippen LogP contribution in [0.15, 0.2) is 16.8 Å². The van der Waals surface area contributed by atoms with E-state index in [9.17, 15) is 13.2 Å². The van der Waals surface area contributed by atoms with Gasteiger partial charge in [0.05, 0.1) is 6.61 Å². The lowest BCUT2D eigenvalue weighted by Gasteiger charge is -2.31. The van der Waals surface area contributed by atoms with Crippen LogP contribution < -0.4 is 0 Å². The Hall–Kier alpha value is -1.24. The molecule has 3 saturated heterocycles. The number of ether oxygens (including phenoxy) is 6. The molecule has 0 aromatic rings. The molecule has 4 aliphatic rings. The zero-order valence-corrected chi connectivity index (χ0v) is 16.7. The van der Waals surface area contributed by atoms with Crippen LogP contribution in [0, 0.1) is 0 Å². The summed E-state index contributed by atoms with van der Waals surface area (Å²) < 4.78 is 73.8. The number of hydrogen-bond acceptors (Lipinski definition) is 8. The van der Waals surface area contributed by atoms with Crippen LogP contribution >= 0.6 is 0 Å². The van der Waals surface area contributed by atoms with Gasteiger partial charge in [0.25, 0.3) is 0 Å². The first-order valence-electron chi connectivity index (χ1n) is 9.32. The van der Waals surface area contributed by atoms with Gasteiger partial charge in [-0.1, -0.05) is 5.16 Å². The molecule has 3 fully saturated rings. The average Bonchev–Trinajstić information content (AvgIpc) is 3.18. The van der Waals surface area contributed by atoms with Crippen LogP contribution in [0.2, 0.25) is 0 Å². The van der Waals surface area contributed by atoms with Gasteiger partial charge in [0.1, 0.15) is 24.4 Å². The standard InChI is InChI=1S/C18H24F3NO7/c1-8-6-10(18(19,20)21)22-29-14(8)25-12-11(9-7-23-16(2,3)26-9)24-15-13(12)27-17(4,5)28-15/h6,9,11-15H,7H2,1-5H3/t9-,11-,12+,13-,14?,15-/m1/s1. The zero-order valence-electron chi connectivity index (χ0n) is 16.7. The third-order valence-corrected chi connectivity index (χ3v) is 4.98. The van der Waals surface area contributed by atoms with E-state index in [1.807, 2.05) is 0 Å². The number of halogens is 3. The second kappa shape index (κ2) is 6.89. The number of oxime groups is 1. The number of alkyl halides is 3. The minimum absolute atomic E-state index is 0.219. The predicted octanol–water partition coefficient (Wildman–Crippen LogP) is 2.62. The molecule has 11 heteroatoms. The van der Waals surface area contributed by atoms with Crippen LogP contribution in [0.25, 0.3) is 0 Å². The van der Waals surface area contributed by atoms with Crippen molar-refractivity contribution in [2.45, 2.75) is 89.4 Å². The summed E-state index contributed by atoms with van der Waals surface area (Å²) in [6.07, 6.45) is -8.01. The average molecular weight is 423 g/mol. The SMILES string of the molecule is CC1=CC(C(F)(F)F)=NOC1O[C@@H]1[C@H]2OC(C)(C)O[C@H]2O[C@@H]1[C@H]1COC(C)(C)O1. The van der Waals surface area contributed by atoms with Crippen LogP contribution in [-0.4, -0.2) is 67.1 Å². The molecule has 0 saturated carbocycles. The molecule has 0 spiro atoms. The summed E-state index contributed by atoms with van der Waals surface area (Å²) in [4.78, 5) is 5.00. The fraction of sp³-hybridized carbons (Fsp3) is 0.833. The van der Waals surface area contributed by atoms with Gasteiger partial charge in [-0.3, -0.25) is 0 Å². The molecule has 0 aliphatic carbocycles. The summed E-state index contributed by atoms with van der Waals surface area (Å²) in [7, 11) is 0. The maximum absolute atomic E-state index is 12.9. The first-order chi connectivity index (χ1) is 13.3. The molecule has 164 valence electrons. The lowest BCUT2D eigenvalue weighted by atomic mass is 10.1. The number of allylic oxidation sites excluding steroid dienone is 1. The highest BCUT2D eigenvalue weighted by molar-refractivity contribution is 5.99. The quantitative estimate of drug-likeness (QED) is 0.691. The molecule has 4 heterocycles. The minimum atomic E-state index is -4.61. The third-order valence-electron chi connectivity index (χ3n) is 4.98. The van der Waals surface area contributed by atoms with Crippen molar-refractivity contribution < 1.29 is 46.4 Å². The monoisotopic (exact) mass is 423 g/mol. The molecule has 0 bridgehead atoms. The van der Waals surface area contributed by atoms with Crippen LogP contribution in [0.3, 0.4) is 0 Å². The Morgan fingerprint density at radius 1 is 1.07 bits per heavy atom. The maximum Gasteiger partial charge on any atom is 0.436 e. The molecule has 4 rings (SSSR count). The molecule has 29 heavy (non-hydrogen) atoms. The summed E-state index contributed by atoms with van der Waals surface area (Å²) in [5, 5.41) is 3.16. The Labute approximate surface area is 165 Å². The molecule has 0 amide bonds. The van der Waals surface area contributed by atoms with Crippen molar-refractivity contribution >= 4 is 5.71 Å². The number of fused-ring (bicyclic) bond motifs is 1. The minimum Gasteiger partial charge on any atom is -0.358 e. The summed E-state index contributed by atoms with van der Waals surface area (Å²) in [6.45, 7) is 8.76. The van der Waals surface area contributed by atoms with E-state index in [4.69, 9.17) is 33.3 Å². The highest BCUT2D eigenvalue weighted by atomic mass is 19.4. The van der Waals surface area contributed by atoms with Gasteiger partial charge in [0.15, 0.2) is 23.6 Å². The molecule has 0 aromatic carbocycles. The van der Waals surface area contributed by atoms with Crippen molar-refractivity contribution in [2.75, 3.05) is 6.61 Å². The van der Waals surface area contributed by atoms with Gasteiger partial charge in [0.2, 0.25) is 6.29 Å². The molecular weight excluding hydrogens is 399 g/mol. The van der Waals surface area contributed by atoms with E-state index in [2.05, 4.69) is 5.16 Å². The summed E-state index contributed by atoms with van der Waals surface area (Å²) >= 11 is 0. The molecule has 4 aliphatic heterocycles. The van der Waals surface area contributed by atoms with E-state index in [-0.39, 0.29) is 12.2 Å². The number of hydrogen-bond donors (Lipinski definition) is 0. The second-order valence-electron chi connectivity index (χ2n) is 8.34. The third kappa shape index (κ3) is 4.17. The van der Waals surface area contributed by atoms with E-state index in [0.29, 0.717) is 0 Å². The number of nitrogens with zero attached hydrogens (tertiary/aromatic N) is 1. The van der Waals surface area contributed by atoms with Crippen molar-refractivity contribution in [3.05, 3.63) is 11.6 Å². The molecule has 6 atom stereocenters. The molecule has 1 unspecified atom stereocenters. The van der Waals surface area contributed by atoms with Gasteiger partial charge < -0.3 is 33.3 Å². The van der Waals surface area contributed by atoms with Crippen molar-refractivity contribution in [3.8, 4) is 0 Å². The van der Waals surface area contributed by atoms with Crippen LogP contribution in [0.5, 0.6) is 0 Å². The summed E-state index contributed by atoms with van der Waals surface area (Å²) in [5.74, 6) is -1.69. The number of rotatable bonds is 3. The van der Waals surface area contributed by atoms with E-state index in [1.54, 1.807) is 27.7 Å². The largest absolute Gasteiger partial charge is 0.436 e. The molecule has 8 nitrogen and oxygen atoms in total. The Bertz CT molecular complexity index is 721. The topological polar surface area (TPSA) is 77.0 Å². The molecule has 0 radical (unpaired) electrons. The maximum atomic E-state index is 12.9. The second-order valence-corrected chi connectivity index (χ2v) is 8.34. The Morgan fingerprint density at radius 3 is 2.38 bits per heavy atom. The Kier molecular flexibility index (Phi) is 4.99. The first-order valence-corrected chi connectivity index (χ1v) is 9.32. The normalized spacial score (nSPS) is 41.0. The van der Waals surface area contributed by atoms with Crippen molar-refractivity contribution in [2.24, 2.45) is 5.16 Å². The molecule has 0 aromatic heterocycles. The predicted molar refractivity (Wildman–Crippen MR) is 90.6 cm³/mol. The van der Waals surface area contributed by atoms with Crippen LogP contribution in [-0.2, 0) is 33.3 Å². The highest BCUT2D eigenvalue weighted by Gasteiger charge is 2.59. The lowest BCUT2D eigenvalue weighted by Crippen LogP contribution is -2.46. The van der Waals surface area contributed by atoms with Crippen LogP contribution in [0.4, 0.5) is 13.2 Å². The van der Waals surface area contributed by atoms with Gasteiger partial charge in [-0.15, -0.1) is 0 Å². The van der Waals surface area contributed by atoms with Gasteiger partial charge in [0, 0.05) is 0 Å². The summed E-state index contributed by atoms with van der Waals surface area (Å²) in [6, 6.07) is 0. The van der Waals surface area contributed by atoms with Gasteiger partial charge in [-0.05, 0) is 46.3 Å². The van der Waals surface area contributed by atoms with Crippen molar-refractivity contribution in [1.29, 1.82) is 0 Å². The molecular formula is C18H24F3NO7. The van der Waals surface area contributed by atoms with E-state index in [0.717, 1.165) is 6.08 Å². The lowest BCUT2D eigenvalue weighted by molar-refractivity contribution is -0.251. The van der Waals surface area contributed by atoms with E-state index in [1.165, 1.54) is 6.92 Å². The van der Waals surface area contributed by atoms with Gasteiger partial charge >= 0.3 is 6.18 Å². The van der Waals surface area contributed by atoms with Crippen molar-refractivity contribution in [3.63, 3.8) is 0 Å². The van der Waals surface area contributed by atoms with Crippen LogP contribution in [0.1, 0.15) is 34.6 Å². The fourth-order valence-electron chi connectivity index (χ4n) is 3.74. The van der Waals surface area contributed by atoms with Gasteiger partial charge in [-0.2, -0.15) is 13.2 Å². The zero-order chi connectivity index (χ0) is 21.2. The smallest absolute Gasteiger partial charge is 0.358 e. The first kappa shape index (κ1) is 21.0. The Balaban J connectivity index is 1.52. The summed E-state index contributed by atoms with van der Waals surface area (Å²) in [5.41, 5.74) is -0.903. The highest BCUT2D eigenvalue weighted by Crippen LogP contribution is 2.43. The van der Waals surface area contributed by atoms with E-state index >= 15 is 0 Å². The fourth-order valence-corrected chi connectivity index (χ4v) is 3.74. The molecule has 0 N–H and O–H groups in total. The van der Waals surface area contributed by atoms with Gasteiger partial charge in [-0.25, -0.2) is 0 Å².